The number of cyclic esters (lactones) is 1. The Balaban J connectivity index is 1.14. The summed E-state index contributed by atoms with van der Waals surface area (Å²) < 4.78 is 22.5. The molecule has 3 N–H and O–H groups in total. The molecule has 3 heterocycles. The van der Waals surface area contributed by atoms with E-state index in [2.05, 4.69) is 20.6 Å². The maximum atomic E-state index is 13.3. The Bertz CT molecular complexity index is 2090. The molecule has 14 heteroatoms. The fourth-order valence-corrected chi connectivity index (χ4v) is 5.90. The molecule has 1 aromatic heterocycles. The van der Waals surface area contributed by atoms with Gasteiger partial charge < -0.3 is 39.6 Å². The number of ether oxygens (including phenoxy) is 4. The summed E-state index contributed by atoms with van der Waals surface area (Å²) in [7, 11) is 3.09. The van der Waals surface area contributed by atoms with Gasteiger partial charge in [-0.1, -0.05) is 48.5 Å². The second kappa shape index (κ2) is 13.5. The molecule has 0 unspecified atom stereocenters. The Morgan fingerprint density at radius 1 is 0.880 bits per heavy atom. The summed E-state index contributed by atoms with van der Waals surface area (Å²) in [6, 6.07) is 24.5. The van der Waals surface area contributed by atoms with E-state index in [9.17, 15) is 19.5 Å². The van der Waals surface area contributed by atoms with Crippen molar-refractivity contribution in [2.24, 2.45) is 0 Å². The lowest BCUT2D eigenvalue weighted by molar-refractivity contribution is 0.0240. The summed E-state index contributed by atoms with van der Waals surface area (Å²) >= 11 is 0. The van der Waals surface area contributed by atoms with Gasteiger partial charge in [-0.25, -0.2) is 29.3 Å². The number of likely N-dealkylation sites (tertiary alicyclic amines) is 1. The zero-order valence-corrected chi connectivity index (χ0v) is 27.0. The Labute approximate surface area is 286 Å². The number of carbonyl (C=O) groups is 3. The predicted molar refractivity (Wildman–Crippen MR) is 183 cm³/mol. The Hall–Kier alpha value is -6.57. The quantitative estimate of drug-likeness (QED) is 0.156. The third-order valence-corrected chi connectivity index (χ3v) is 8.51. The maximum absolute atomic E-state index is 13.3. The number of hydrogen-bond donors (Lipinski definition) is 3. The molecule has 0 aliphatic carbocycles. The van der Waals surface area contributed by atoms with Crippen molar-refractivity contribution in [3.8, 4) is 28.4 Å². The first kappa shape index (κ1) is 32.0. The van der Waals surface area contributed by atoms with E-state index in [4.69, 9.17) is 18.9 Å². The zero-order chi connectivity index (χ0) is 34.8. The molecule has 14 nitrogen and oxygen atoms in total. The van der Waals surface area contributed by atoms with Crippen LogP contribution >= 0.6 is 0 Å². The van der Waals surface area contributed by atoms with E-state index in [1.165, 1.54) is 18.3 Å². The smallest absolute Gasteiger partial charge is 0.418 e. The maximum Gasteiger partial charge on any atom is 0.418 e. The Kier molecular flexibility index (Phi) is 8.64. The van der Waals surface area contributed by atoms with Crippen molar-refractivity contribution < 1.29 is 38.4 Å². The minimum atomic E-state index is -0.992. The van der Waals surface area contributed by atoms with Crippen LogP contribution in [0.25, 0.3) is 22.0 Å². The normalized spacial score (nSPS) is 15.6. The van der Waals surface area contributed by atoms with Crippen molar-refractivity contribution in [1.82, 2.24) is 19.8 Å². The molecule has 254 valence electrons. The molecule has 0 saturated carbocycles. The van der Waals surface area contributed by atoms with Crippen LogP contribution in [0.1, 0.15) is 11.6 Å². The van der Waals surface area contributed by atoms with E-state index in [1.54, 1.807) is 25.3 Å². The van der Waals surface area contributed by atoms with Gasteiger partial charge in [0.25, 0.3) is 0 Å². The first-order valence-electron chi connectivity index (χ1n) is 15.7. The second-order valence-electron chi connectivity index (χ2n) is 11.6. The van der Waals surface area contributed by atoms with Crippen molar-refractivity contribution in [1.29, 1.82) is 0 Å². The molecule has 0 radical (unpaired) electrons. The van der Waals surface area contributed by atoms with Crippen molar-refractivity contribution in [2.45, 2.75) is 12.1 Å². The number of hydrogen-bond acceptors (Lipinski definition) is 10. The minimum absolute atomic E-state index is 0.0769. The summed E-state index contributed by atoms with van der Waals surface area (Å²) in [5, 5.41) is 16.0. The third-order valence-electron chi connectivity index (χ3n) is 8.51. The van der Waals surface area contributed by atoms with Crippen molar-refractivity contribution >= 4 is 46.3 Å². The molecular weight excluding hydrogens is 644 g/mol. The molecule has 2 fully saturated rings. The van der Waals surface area contributed by atoms with E-state index in [-0.39, 0.29) is 25.8 Å². The van der Waals surface area contributed by atoms with E-state index < -0.39 is 24.3 Å². The summed E-state index contributed by atoms with van der Waals surface area (Å²) in [4.78, 5) is 48.3. The lowest BCUT2D eigenvalue weighted by Crippen LogP contribution is -2.55. The van der Waals surface area contributed by atoms with Gasteiger partial charge in [-0.3, -0.25) is 0 Å². The third kappa shape index (κ3) is 6.33. The fraction of sp³-hybridized carbons (Fsp3) is 0.194. The largest absolute Gasteiger partial charge is 0.495 e. The molecule has 2 aliphatic heterocycles. The molecule has 2 aliphatic rings. The van der Waals surface area contributed by atoms with Gasteiger partial charge in [-0.15, -0.1) is 0 Å². The molecule has 4 amide bonds. The van der Waals surface area contributed by atoms with Crippen LogP contribution in [0.3, 0.4) is 0 Å². The fourth-order valence-electron chi connectivity index (χ4n) is 5.90. The first-order valence-corrected chi connectivity index (χ1v) is 15.7. The van der Waals surface area contributed by atoms with Crippen LogP contribution in [0, 0.1) is 0 Å². The van der Waals surface area contributed by atoms with Crippen LogP contribution in [0.5, 0.6) is 17.2 Å². The molecule has 0 bridgehead atoms. The molecule has 50 heavy (non-hydrogen) atoms. The number of rotatable bonds is 9. The molecule has 4 aromatic carbocycles. The Morgan fingerprint density at radius 3 is 2.42 bits per heavy atom. The zero-order valence-electron chi connectivity index (χ0n) is 27.0. The summed E-state index contributed by atoms with van der Waals surface area (Å²) in [5.41, 5.74) is 4.10. The average Bonchev–Trinajstić information content (AvgIpc) is 3.51. The second-order valence-corrected chi connectivity index (χ2v) is 11.6. The van der Waals surface area contributed by atoms with Gasteiger partial charge in [0.05, 0.1) is 38.5 Å². The number of imide groups is 1. The van der Waals surface area contributed by atoms with Crippen LogP contribution in [0.4, 0.5) is 31.6 Å². The summed E-state index contributed by atoms with van der Waals surface area (Å²) in [6.07, 6.45) is -0.582. The average molecular weight is 677 g/mol. The van der Waals surface area contributed by atoms with Crippen molar-refractivity contribution in [3.05, 3.63) is 96.8 Å². The number of carboxylic acid groups (broad SMARTS) is 1. The number of methoxy groups -OCH3 is 2. The molecular formula is C36H32N6O8. The van der Waals surface area contributed by atoms with Gasteiger partial charge in [0.2, 0.25) is 0 Å². The lowest BCUT2D eigenvalue weighted by Gasteiger charge is -2.37. The van der Waals surface area contributed by atoms with Gasteiger partial charge in [0, 0.05) is 17.1 Å². The number of urea groups is 1. The number of nitrogens with one attached hydrogen (secondary N) is 2. The predicted octanol–water partition coefficient (Wildman–Crippen LogP) is 6.52. The highest BCUT2D eigenvalue weighted by atomic mass is 16.6. The van der Waals surface area contributed by atoms with Crippen LogP contribution in [0.15, 0.2) is 91.3 Å². The number of amides is 4. The Morgan fingerprint density at radius 2 is 1.66 bits per heavy atom. The summed E-state index contributed by atoms with van der Waals surface area (Å²) in [5.74, 6) is 1.92. The van der Waals surface area contributed by atoms with Gasteiger partial charge >= 0.3 is 18.2 Å². The topological polar surface area (TPSA) is 165 Å². The monoisotopic (exact) mass is 676 g/mol. The van der Waals surface area contributed by atoms with Crippen LogP contribution in [-0.2, 0) is 4.74 Å². The van der Waals surface area contributed by atoms with Crippen LogP contribution in [-0.4, -0.2) is 83.1 Å². The molecule has 5 aromatic rings. The molecule has 2 saturated heterocycles. The molecule has 1 atom stereocenters. The van der Waals surface area contributed by atoms with Gasteiger partial charge in [-0.05, 0) is 47.0 Å². The number of fused-ring (bicyclic) bond motifs is 1. The van der Waals surface area contributed by atoms with Crippen LogP contribution < -0.4 is 24.8 Å². The number of nitrogens with zero attached hydrogens (tertiary/aromatic N) is 4. The number of benzene rings is 4. The van der Waals surface area contributed by atoms with E-state index in [0.29, 0.717) is 45.3 Å². The first-order chi connectivity index (χ1) is 24.3. The SMILES string of the molecule is COc1ccc(-c2cccc(NC(=O)N3C(=O)OC[C@H]3c3ccccc3)c2)cc1Nc1ncnc2cc(OC)c(OC3CN(C(=O)O)C3)cc12. The van der Waals surface area contributed by atoms with Crippen molar-refractivity contribution in [2.75, 3.05) is 44.5 Å². The van der Waals surface area contributed by atoms with Gasteiger partial charge in [0.15, 0.2) is 11.5 Å². The summed E-state index contributed by atoms with van der Waals surface area (Å²) in [6.45, 7) is 0.578. The highest BCUT2D eigenvalue weighted by molar-refractivity contribution is 6.00. The van der Waals surface area contributed by atoms with E-state index in [1.807, 2.05) is 66.7 Å². The number of carbonyl (C=O) groups excluding carboxylic acids is 2. The highest BCUT2D eigenvalue weighted by Gasteiger charge is 2.39. The standard InChI is InChI=1S/C36H32N6O8/c1-47-30-12-11-23(22-9-6-10-24(13-22)39-34(43)42-29(19-49-36(42)46)21-7-4-3-5-8-21)14-28(30)40-33-26-15-32(50-25-17-41(18-25)35(44)45)31(48-2)16-27(26)37-20-38-33/h3-16,20,25,29H,17-19H2,1-2H3,(H,39,43)(H,44,45)(H,37,38,40)/t29-/m0/s1. The molecule has 7 rings (SSSR count). The minimum Gasteiger partial charge on any atom is -0.495 e. The van der Waals surface area contributed by atoms with Crippen molar-refractivity contribution in [3.63, 3.8) is 0 Å². The van der Waals surface area contributed by atoms with Gasteiger partial charge in [-0.2, -0.15) is 0 Å². The van der Waals surface area contributed by atoms with Gasteiger partial charge in [0.1, 0.15) is 36.6 Å². The molecule has 0 spiro atoms. The van der Waals surface area contributed by atoms with E-state index >= 15 is 0 Å². The lowest BCUT2D eigenvalue weighted by atomic mass is 10.0. The van der Waals surface area contributed by atoms with Crippen LogP contribution in [0.2, 0.25) is 0 Å². The number of anilines is 3. The highest BCUT2D eigenvalue weighted by Crippen LogP contribution is 2.39. The van der Waals surface area contributed by atoms with E-state index in [0.717, 1.165) is 21.6 Å². The number of aromatic nitrogens is 2.